The summed E-state index contributed by atoms with van der Waals surface area (Å²) in [4.78, 5) is 5.91. The molecule has 3 aromatic rings. The summed E-state index contributed by atoms with van der Waals surface area (Å²) in [5.41, 5.74) is 6.93. The maximum absolute atomic E-state index is 5.67. The molecule has 0 amide bonds. The topological polar surface area (TPSA) is 28.3 Å². The summed E-state index contributed by atoms with van der Waals surface area (Å²) < 4.78 is 5.67. The van der Waals surface area contributed by atoms with Crippen LogP contribution in [-0.4, -0.2) is 30.6 Å². The number of nitrogens with zero attached hydrogens (tertiary/aromatic N) is 1. The van der Waals surface area contributed by atoms with Gasteiger partial charge in [0.15, 0.2) is 0 Å². The van der Waals surface area contributed by atoms with Gasteiger partial charge in [-0.2, -0.15) is 0 Å². The lowest BCUT2D eigenvalue weighted by atomic mass is 9.87. The molecular weight excluding hydrogens is 320 g/mol. The van der Waals surface area contributed by atoms with E-state index < -0.39 is 0 Å². The number of aromatic amines is 1. The van der Waals surface area contributed by atoms with Gasteiger partial charge in [0.05, 0.1) is 7.11 Å². The quantitative estimate of drug-likeness (QED) is 0.710. The van der Waals surface area contributed by atoms with Gasteiger partial charge < -0.3 is 9.72 Å². The van der Waals surface area contributed by atoms with Crippen molar-refractivity contribution in [2.24, 2.45) is 0 Å². The van der Waals surface area contributed by atoms with E-state index in [2.05, 4.69) is 66.5 Å². The molecule has 1 aliphatic rings. The Labute approximate surface area is 156 Å². The first-order chi connectivity index (χ1) is 12.7. The van der Waals surface area contributed by atoms with Gasteiger partial charge in [-0.15, -0.1) is 0 Å². The average molecular weight is 348 g/mol. The summed E-state index contributed by atoms with van der Waals surface area (Å²) in [6.07, 6.45) is 6.53. The second-order valence-corrected chi connectivity index (χ2v) is 7.36. The molecule has 1 aromatic heterocycles. The molecule has 0 bridgehead atoms. The van der Waals surface area contributed by atoms with Crippen molar-refractivity contribution in [3.8, 4) is 5.75 Å². The summed E-state index contributed by atoms with van der Waals surface area (Å²) in [5, 5.41) is 1.35. The van der Waals surface area contributed by atoms with Crippen LogP contribution in [0.4, 0.5) is 0 Å². The summed E-state index contributed by atoms with van der Waals surface area (Å²) in [6.45, 7) is 3.33. The molecule has 0 saturated heterocycles. The van der Waals surface area contributed by atoms with Gasteiger partial charge in [-0.05, 0) is 67.1 Å². The average Bonchev–Trinajstić information content (AvgIpc) is 3.09. The minimum Gasteiger partial charge on any atom is -0.496 e. The van der Waals surface area contributed by atoms with Crippen LogP contribution in [-0.2, 0) is 19.3 Å². The van der Waals surface area contributed by atoms with Crippen LogP contribution in [0, 0.1) is 0 Å². The fourth-order valence-corrected chi connectivity index (χ4v) is 4.38. The minimum absolute atomic E-state index is 0.451. The highest BCUT2D eigenvalue weighted by atomic mass is 16.5. The SMILES string of the molecule is CCc1cc2c(cc1OC)C(CCc1c[nH]c3ccccc13)N(C)CC2. The molecule has 1 aliphatic heterocycles. The third-order valence-corrected chi connectivity index (χ3v) is 5.91. The van der Waals surface area contributed by atoms with Crippen molar-refractivity contribution in [2.75, 3.05) is 20.7 Å². The van der Waals surface area contributed by atoms with E-state index in [0.717, 1.165) is 38.0 Å². The van der Waals surface area contributed by atoms with E-state index in [1.165, 1.54) is 33.2 Å². The molecule has 1 unspecified atom stereocenters. The largest absolute Gasteiger partial charge is 0.496 e. The molecule has 2 heterocycles. The van der Waals surface area contributed by atoms with Crippen LogP contribution in [0.1, 0.15) is 41.6 Å². The fourth-order valence-electron chi connectivity index (χ4n) is 4.38. The molecule has 0 saturated carbocycles. The molecule has 3 heteroatoms. The van der Waals surface area contributed by atoms with E-state index in [1.807, 2.05) is 0 Å². The van der Waals surface area contributed by atoms with Crippen LogP contribution in [0.5, 0.6) is 5.75 Å². The number of fused-ring (bicyclic) bond motifs is 2. The van der Waals surface area contributed by atoms with Gasteiger partial charge in [0, 0.05) is 29.7 Å². The van der Waals surface area contributed by atoms with Crippen LogP contribution in [0.2, 0.25) is 0 Å². The predicted octanol–water partition coefficient (Wildman–Crippen LogP) is 4.90. The molecule has 26 heavy (non-hydrogen) atoms. The maximum Gasteiger partial charge on any atom is 0.122 e. The zero-order valence-corrected chi connectivity index (χ0v) is 16.0. The maximum atomic E-state index is 5.67. The van der Waals surface area contributed by atoms with Crippen LogP contribution in [0.3, 0.4) is 0 Å². The van der Waals surface area contributed by atoms with E-state index in [1.54, 1.807) is 7.11 Å². The molecule has 0 aliphatic carbocycles. The number of benzene rings is 2. The van der Waals surface area contributed by atoms with Gasteiger partial charge in [-0.3, -0.25) is 4.90 Å². The molecule has 4 rings (SSSR count). The van der Waals surface area contributed by atoms with Crippen molar-refractivity contribution in [1.82, 2.24) is 9.88 Å². The molecule has 0 spiro atoms. The van der Waals surface area contributed by atoms with E-state index in [4.69, 9.17) is 4.74 Å². The van der Waals surface area contributed by atoms with Gasteiger partial charge in [0.2, 0.25) is 0 Å². The first kappa shape index (κ1) is 17.2. The Balaban J connectivity index is 1.62. The fraction of sp³-hybridized carbons (Fsp3) is 0.391. The van der Waals surface area contributed by atoms with Gasteiger partial charge in [-0.1, -0.05) is 31.2 Å². The molecule has 2 aromatic carbocycles. The molecule has 136 valence electrons. The highest BCUT2D eigenvalue weighted by Crippen LogP contribution is 2.37. The zero-order valence-electron chi connectivity index (χ0n) is 16.0. The number of ether oxygens (including phenoxy) is 1. The molecule has 0 radical (unpaired) electrons. The Kier molecular flexibility index (Phi) is 4.73. The lowest BCUT2D eigenvalue weighted by molar-refractivity contribution is 0.219. The molecule has 3 nitrogen and oxygen atoms in total. The van der Waals surface area contributed by atoms with E-state index >= 15 is 0 Å². The smallest absolute Gasteiger partial charge is 0.122 e. The highest BCUT2D eigenvalue weighted by molar-refractivity contribution is 5.83. The Hall–Kier alpha value is -2.26. The van der Waals surface area contributed by atoms with Crippen molar-refractivity contribution in [3.63, 3.8) is 0 Å². The third kappa shape index (κ3) is 3.01. The second-order valence-electron chi connectivity index (χ2n) is 7.36. The molecule has 1 atom stereocenters. The lowest BCUT2D eigenvalue weighted by Gasteiger charge is -2.35. The van der Waals surface area contributed by atoms with E-state index in [0.29, 0.717) is 6.04 Å². The number of likely N-dealkylation sites (N-methyl/N-ethyl adjacent to an activating group) is 1. The van der Waals surface area contributed by atoms with Crippen LogP contribution in [0.15, 0.2) is 42.6 Å². The Bertz CT molecular complexity index is 912. The number of para-hydroxylation sites is 1. The number of nitrogens with one attached hydrogen (secondary N) is 1. The summed E-state index contributed by atoms with van der Waals surface area (Å²) in [5.74, 6) is 1.04. The number of aromatic nitrogens is 1. The van der Waals surface area contributed by atoms with Crippen LogP contribution < -0.4 is 4.74 Å². The van der Waals surface area contributed by atoms with Crippen molar-refractivity contribution in [3.05, 3.63) is 64.8 Å². The van der Waals surface area contributed by atoms with Gasteiger partial charge in [0.1, 0.15) is 5.75 Å². The third-order valence-electron chi connectivity index (χ3n) is 5.91. The Morgan fingerprint density at radius 3 is 2.85 bits per heavy atom. The minimum atomic E-state index is 0.451. The number of aryl methyl sites for hydroxylation is 2. The Morgan fingerprint density at radius 1 is 1.19 bits per heavy atom. The number of hydrogen-bond donors (Lipinski definition) is 1. The van der Waals surface area contributed by atoms with E-state index in [-0.39, 0.29) is 0 Å². The van der Waals surface area contributed by atoms with Crippen molar-refractivity contribution >= 4 is 10.9 Å². The zero-order chi connectivity index (χ0) is 18.1. The normalized spacial score (nSPS) is 17.4. The number of H-pyrrole nitrogens is 1. The van der Waals surface area contributed by atoms with Crippen LogP contribution >= 0.6 is 0 Å². The van der Waals surface area contributed by atoms with E-state index in [9.17, 15) is 0 Å². The molecular formula is C23H28N2O. The van der Waals surface area contributed by atoms with Gasteiger partial charge in [0.25, 0.3) is 0 Å². The summed E-state index contributed by atoms with van der Waals surface area (Å²) >= 11 is 0. The summed E-state index contributed by atoms with van der Waals surface area (Å²) in [6, 6.07) is 13.7. The first-order valence-electron chi connectivity index (χ1n) is 9.66. The van der Waals surface area contributed by atoms with Crippen molar-refractivity contribution in [1.29, 1.82) is 0 Å². The molecule has 1 N–H and O–H groups in total. The monoisotopic (exact) mass is 348 g/mol. The van der Waals surface area contributed by atoms with Gasteiger partial charge in [-0.25, -0.2) is 0 Å². The van der Waals surface area contributed by atoms with Crippen LogP contribution in [0.25, 0.3) is 10.9 Å². The standard InChI is InChI=1S/C23H28N2O/c1-4-16-13-17-11-12-25(2)22(20(17)14-23(16)26-3)10-9-18-15-24-21-8-6-5-7-19(18)21/h5-8,13-15,22,24H,4,9-12H2,1-3H3. The number of hydrogen-bond acceptors (Lipinski definition) is 2. The Morgan fingerprint density at radius 2 is 2.04 bits per heavy atom. The van der Waals surface area contributed by atoms with Crippen molar-refractivity contribution < 1.29 is 4.74 Å². The van der Waals surface area contributed by atoms with Crippen molar-refractivity contribution in [2.45, 2.75) is 38.6 Å². The summed E-state index contributed by atoms with van der Waals surface area (Å²) in [7, 11) is 4.04. The second kappa shape index (κ2) is 7.16. The predicted molar refractivity (Wildman–Crippen MR) is 108 cm³/mol. The highest BCUT2D eigenvalue weighted by Gasteiger charge is 2.26. The molecule has 0 fully saturated rings. The number of rotatable bonds is 5. The lowest BCUT2D eigenvalue weighted by Crippen LogP contribution is -2.32. The number of methoxy groups -OCH3 is 1. The van der Waals surface area contributed by atoms with Gasteiger partial charge >= 0.3 is 0 Å². The first-order valence-corrected chi connectivity index (χ1v) is 9.66.